The molecule has 0 spiro atoms. The molecule has 18 heavy (non-hydrogen) atoms. The molecular formula is C14H17N3O. The number of nitrogens with one attached hydrogen (secondary N) is 1. The molecular weight excluding hydrogens is 226 g/mol. The van der Waals surface area contributed by atoms with Gasteiger partial charge in [0.25, 0.3) is 0 Å². The molecule has 0 amide bonds. The van der Waals surface area contributed by atoms with Crippen molar-refractivity contribution in [2.75, 3.05) is 13.7 Å². The molecule has 1 aromatic carbocycles. The number of methoxy groups -OCH3 is 1. The summed E-state index contributed by atoms with van der Waals surface area (Å²) in [4.78, 5) is 8.15. The fourth-order valence-corrected chi connectivity index (χ4v) is 1.98. The largest absolute Gasteiger partial charge is 0.496 e. The topological polar surface area (TPSA) is 47.0 Å². The summed E-state index contributed by atoms with van der Waals surface area (Å²) in [6.45, 7) is 2.93. The first-order valence-electron chi connectivity index (χ1n) is 5.98. The predicted octanol–water partition coefficient (Wildman–Crippen LogP) is 2.18. The molecule has 0 aliphatic heterocycles. The molecule has 0 fully saturated rings. The van der Waals surface area contributed by atoms with E-state index in [0.717, 1.165) is 23.4 Å². The Hall–Kier alpha value is -1.94. The zero-order valence-corrected chi connectivity index (χ0v) is 10.6. The number of rotatable bonds is 5. The highest BCUT2D eigenvalue weighted by Crippen LogP contribution is 2.28. The Morgan fingerprint density at radius 1 is 1.22 bits per heavy atom. The molecule has 0 aliphatic rings. The molecule has 1 unspecified atom stereocenters. The van der Waals surface area contributed by atoms with Gasteiger partial charge < -0.3 is 10.1 Å². The van der Waals surface area contributed by atoms with Crippen molar-refractivity contribution in [2.24, 2.45) is 0 Å². The van der Waals surface area contributed by atoms with Gasteiger partial charge in [-0.1, -0.05) is 25.1 Å². The Morgan fingerprint density at radius 3 is 2.61 bits per heavy atom. The van der Waals surface area contributed by atoms with Gasteiger partial charge in [0.15, 0.2) is 0 Å². The molecule has 4 heteroatoms. The molecule has 1 N–H and O–H groups in total. The van der Waals surface area contributed by atoms with Crippen molar-refractivity contribution >= 4 is 0 Å². The minimum absolute atomic E-state index is 0.0485. The Labute approximate surface area is 107 Å². The number of hydrogen-bond acceptors (Lipinski definition) is 4. The average Bonchev–Trinajstić information content (AvgIpc) is 2.46. The number of aromatic nitrogens is 2. The SMILES string of the molecule is CCNC(c1cncnc1)c1ccccc1OC. The van der Waals surface area contributed by atoms with Gasteiger partial charge in [0, 0.05) is 23.5 Å². The minimum Gasteiger partial charge on any atom is -0.496 e. The quantitative estimate of drug-likeness (QED) is 0.874. The Bertz CT molecular complexity index is 487. The average molecular weight is 243 g/mol. The molecule has 0 saturated carbocycles. The van der Waals surface area contributed by atoms with Crippen LogP contribution in [0.4, 0.5) is 0 Å². The van der Waals surface area contributed by atoms with Crippen molar-refractivity contribution in [2.45, 2.75) is 13.0 Å². The molecule has 2 rings (SSSR count). The molecule has 0 aliphatic carbocycles. The normalized spacial score (nSPS) is 12.1. The van der Waals surface area contributed by atoms with Gasteiger partial charge in [-0.15, -0.1) is 0 Å². The van der Waals surface area contributed by atoms with Crippen molar-refractivity contribution in [3.8, 4) is 5.75 Å². The molecule has 1 heterocycles. The Kier molecular flexibility index (Phi) is 4.25. The van der Waals surface area contributed by atoms with E-state index < -0.39 is 0 Å². The molecule has 4 nitrogen and oxygen atoms in total. The van der Waals surface area contributed by atoms with Crippen LogP contribution < -0.4 is 10.1 Å². The molecule has 94 valence electrons. The standard InChI is InChI=1S/C14H17N3O/c1-3-17-14(11-8-15-10-16-9-11)12-6-4-5-7-13(12)18-2/h4-10,14,17H,3H2,1-2H3. The first-order valence-corrected chi connectivity index (χ1v) is 5.98. The summed E-state index contributed by atoms with van der Waals surface area (Å²) in [5.41, 5.74) is 2.13. The number of para-hydroxylation sites is 1. The van der Waals surface area contributed by atoms with Crippen molar-refractivity contribution in [1.29, 1.82) is 0 Å². The maximum Gasteiger partial charge on any atom is 0.123 e. The van der Waals surface area contributed by atoms with E-state index in [4.69, 9.17) is 4.74 Å². The lowest BCUT2D eigenvalue weighted by Gasteiger charge is -2.20. The third kappa shape index (κ3) is 2.65. The van der Waals surface area contributed by atoms with E-state index in [9.17, 15) is 0 Å². The van der Waals surface area contributed by atoms with Gasteiger partial charge in [-0.3, -0.25) is 0 Å². The maximum atomic E-state index is 5.41. The van der Waals surface area contributed by atoms with Gasteiger partial charge in [-0.05, 0) is 12.6 Å². The van der Waals surface area contributed by atoms with Gasteiger partial charge in [0.2, 0.25) is 0 Å². The minimum atomic E-state index is 0.0485. The number of hydrogen-bond donors (Lipinski definition) is 1. The second kappa shape index (κ2) is 6.12. The van der Waals surface area contributed by atoms with E-state index >= 15 is 0 Å². The third-order valence-electron chi connectivity index (χ3n) is 2.77. The molecule has 2 aromatic rings. The second-order valence-corrected chi connectivity index (χ2v) is 3.90. The smallest absolute Gasteiger partial charge is 0.123 e. The highest BCUT2D eigenvalue weighted by Gasteiger charge is 2.17. The van der Waals surface area contributed by atoms with Crippen LogP contribution in [0.25, 0.3) is 0 Å². The van der Waals surface area contributed by atoms with E-state index in [1.165, 1.54) is 6.33 Å². The lowest BCUT2D eigenvalue weighted by atomic mass is 10.0. The lowest BCUT2D eigenvalue weighted by molar-refractivity contribution is 0.404. The first-order chi connectivity index (χ1) is 8.86. The zero-order valence-electron chi connectivity index (χ0n) is 10.6. The molecule has 1 atom stereocenters. The fourth-order valence-electron chi connectivity index (χ4n) is 1.98. The fraction of sp³-hybridized carbons (Fsp3) is 0.286. The first kappa shape index (κ1) is 12.5. The molecule has 0 saturated heterocycles. The maximum absolute atomic E-state index is 5.41. The highest BCUT2D eigenvalue weighted by atomic mass is 16.5. The van der Waals surface area contributed by atoms with Gasteiger partial charge in [0.1, 0.15) is 12.1 Å². The monoisotopic (exact) mass is 243 g/mol. The number of ether oxygens (including phenoxy) is 1. The van der Waals surface area contributed by atoms with Crippen molar-refractivity contribution in [1.82, 2.24) is 15.3 Å². The van der Waals surface area contributed by atoms with Gasteiger partial charge in [0.05, 0.1) is 13.2 Å². The van der Waals surface area contributed by atoms with Crippen LogP contribution in [0.3, 0.4) is 0 Å². The summed E-state index contributed by atoms with van der Waals surface area (Å²) < 4.78 is 5.41. The van der Waals surface area contributed by atoms with Crippen LogP contribution in [0.1, 0.15) is 24.1 Å². The number of benzene rings is 1. The third-order valence-corrected chi connectivity index (χ3v) is 2.77. The zero-order chi connectivity index (χ0) is 12.8. The molecule has 0 radical (unpaired) electrons. The summed E-state index contributed by atoms with van der Waals surface area (Å²) in [6, 6.07) is 8.04. The van der Waals surface area contributed by atoms with E-state index in [0.29, 0.717) is 0 Å². The van der Waals surface area contributed by atoms with Crippen LogP contribution in [0.15, 0.2) is 43.0 Å². The lowest BCUT2D eigenvalue weighted by Crippen LogP contribution is -2.22. The van der Waals surface area contributed by atoms with Gasteiger partial charge >= 0.3 is 0 Å². The summed E-state index contributed by atoms with van der Waals surface area (Å²) in [7, 11) is 1.68. The second-order valence-electron chi connectivity index (χ2n) is 3.90. The Morgan fingerprint density at radius 2 is 1.94 bits per heavy atom. The van der Waals surface area contributed by atoms with Gasteiger partial charge in [-0.2, -0.15) is 0 Å². The summed E-state index contributed by atoms with van der Waals surface area (Å²) in [6.07, 6.45) is 5.19. The Balaban J connectivity index is 2.41. The van der Waals surface area contributed by atoms with Crippen LogP contribution in [-0.4, -0.2) is 23.6 Å². The summed E-state index contributed by atoms with van der Waals surface area (Å²) >= 11 is 0. The van der Waals surface area contributed by atoms with Crippen LogP contribution in [0, 0.1) is 0 Å². The highest BCUT2D eigenvalue weighted by molar-refractivity contribution is 5.40. The van der Waals surface area contributed by atoms with Crippen molar-refractivity contribution in [3.05, 3.63) is 54.1 Å². The summed E-state index contributed by atoms with van der Waals surface area (Å²) in [5.74, 6) is 0.868. The van der Waals surface area contributed by atoms with E-state index in [1.807, 2.05) is 30.6 Å². The van der Waals surface area contributed by atoms with Crippen LogP contribution >= 0.6 is 0 Å². The van der Waals surface area contributed by atoms with E-state index in [-0.39, 0.29) is 6.04 Å². The molecule has 0 bridgehead atoms. The van der Waals surface area contributed by atoms with Crippen molar-refractivity contribution < 1.29 is 4.74 Å². The van der Waals surface area contributed by atoms with Gasteiger partial charge in [-0.25, -0.2) is 9.97 Å². The number of nitrogens with zero attached hydrogens (tertiary/aromatic N) is 2. The van der Waals surface area contributed by atoms with Crippen molar-refractivity contribution in [3.63, 3.8) is 0 Å². The van der Waals surface area contributed by atoms with E-state index in [1.54, 1.807) is 7.11 Å². The molecule has 1 aromatic heterocycles. The van der Waals surface area contributed by atoms with Crippen LogP contribution in [-0.2, 0) is 0 Å². The summed E-state index contributed by atoms with van der Waals surface area (Å²) in [5, 5.41) is 3.43. The predicted molar refractivity (Wildman–Crippen MR) is 70.5 cm³/mol. The van der Waals surface area contributed by atoms with Crippen LogP contribution in [0.5, 0.6) is 5.75 Å². The van der Waals surface area contributed by atoms with E-state index in [2.05, 4.69) is 28.3 Å². The van der Waals surface area contributed by atoms with Crippen LogP contribution in [0.2, 0.25) is 0 Å².